The average molecular weight is 241 g/mol. The van der Waals surface area contributed by atoms with Gasteiger partial charge in [-0.3, -0.25) is 0 Å². The van der Waals surface area contributed by atoms with Gasteiger partial charge in [0, 0.05) is 32.2 Å². The summed E-state index contributed by atoms with van der Waals surface area (Å²) in [5, 5.41) is 0. The summed E-state index contributed by atoms with van der Waals surface area (Å²) in [6.45, 7) is 6.38. The molecule has 5 heteroatoms. The summed E-state index contributed by atoms with van der Waals surface area (Å²) < 4.78 is 5.27. The molecule has 0 spiro atoms. The van der Waals surface area contributed by atoms with Crippen LogP contribution < -0.4 is 5.73 Å². The molecule has 2 heterocycles. The fraction of sp³-hybridized carbons (Fsp3) is 0.917. The second-order valence-corrected chi connectivity index (χ2v) is 5.09. The molecule has 2 atom stereocenters. The van der Waals surface area contributed by atoms with Crippen molar-refractivity contribution in [2.75, 3.05) is 39.4 Å². The lowest BCUT2D eigenvalue weighted by molar-refractivity contribution is 0.0335. The van der Waals surface area contributed by atoms with Gasteiger partial charge in [0.1, 0.15) is 0 Å². The maximum absolute atomic E-state index is 12.4. The minimum atomic E-state index is 0.149. The predicted octanol–water partition coefficient (Wildman–Crippen LogP) is 0.498. The monoisotopic (exact) mass is 241 g/mol. The molecule has 0 radical (unpaired) electrons. The Morgan fingerprint density at radius 2 is 2.06 bits per heavy atom. The van der Waals surface area contributed by atoms with Crippen molar-refractivity contribution in [3.05, 3.63) is 0 Å². The largest absolute Gasteiger partial charge is 0.378 e. The second kappa shape index (κ2) is 5.69. The van der Waals surface area contributed by atoms with E-state index in [2.05, 4.69) is 6.92 Å². The zero-order valence-corrected chi connectivity index (χ0v) is 10.6. The van der Waals surface area contributed by atoms with E-state index in [-0.39, 0.29) is 12.1 Å². The molecule has 2 N–H and O–H groups in total. The third-order valence-corrected chi connectivity index (χ3v) is 3.78. The number of urea groups is 1. The number of piperidine rings is 1. The number of rotatable bonds is 1. The number of nitrogens with two attached hydrogens (primary N) is 1. The molecule has 2 saturated heterocycles. The van der Waals surface area contributed by atoms with Crippen LogP contribution in [0.1, 0.15) is 19.8 Å². The van der Waals surface area contributed by atoms with Crippen molar-refractivity contribution in [1.29, 1.82) is 0 Å². The summed E-state index contributed by atoms with van der Waals surface area (Å²) in [7, 11) is 0. The van der Waals surface area contributed by atoms with Gasteiger partial charge in [0.2, 0.25) is 0 Å². The van der Waals surface area contributed by atoms with Crippen molar-refractivity contribution in [3.63, 3.8) is 0 Å². The Labute approximate surface area is 103 Å². The molecule has 2 rings (SSSR count). The van der Waals surface area contributed by atoms with Crippen LogP contribution >= 0.6 is 0 Å². The molecule has 0 aliphatic carbocycles. The summed E-state index contributed by atoms with van der Waals surface area (Å²) in [6, 6.07) is 0.366. The number of carbonyl (C=O) groups excluding carboxylic acids is 1. The molecule has 0 bridgehead atoms. The minimum absolute atomic E-state index is 0.149. The van der Waals surface area contributed by atoms with Gasteiger partial charge in [-0.05, 0) is 18.8 Å². The maximum atomic E-state index is 12.4. The molecule has 2 aliphatic heterocycles. The van der Waals surface area contributed by atoms with E-state index in [4.69, 9.17) is 10.5 Å². The highest BCUT2D eigenvalue weighted by molar-refractivity contribution is 5.75. The third-order valence-electron chi connectivity index (χ3n) is 3.78. The smallest absolute Gasteiger partial charge is 0.320 e. The van der Waals surface area contributed by atoms with E-state index in [1.807, 2.05) is 9.80 Å². The number of nitrogens with zero attached hydrogens (tertiary/aromatic N) is 2. The first-order chi connectivity index (χ1) is 8.22. The fourth-order valence-corrected chi connectivity index (χ4v) is 2.66. The lowest BCUT2D eigenvalue weighted by Crippen LogP contribution is -2.55. The highest BCUT2D eigenvalue weighted by Gasteiger charge is 2.32. The molecule has 2 fully saturated rings. The van der Waals surface area contributed by atoms with Crippen molar-refractivity contribution in [2.45, 2.75) is 25.8 Å². The van der Waals surface area contributed by atoms with Crippen LogP contribution in [0.4, 0.5) is 4.79 Å². The van der Waals surface area contributed by atoms with E-state index in [1.165, 1.54) is 0 Å². The number of ether oxygens (including phenoxy) is 1. The minimum Gasteiger partial charge on any atom is -0.378 e. The van der Waals surface area contributed by atoms with Gasteiger partial charge >= 0.3 is 6.03 Å². The lowest BCUT2D eigenvalue weighted by atomic mass is 9.92. The second-order valence-electron chi connectivity index (χ2n) is 5.09. The lowest BCUT2D eigenvalue weighted by Gasteiger charge is -2.41. The van der Waals surface area contributed by atoms with Crippen molar-refractivity contribution in [1.82, 2.24) is 9.80 Å². The van der Waals surface area contributed by atoms with Crippen LogP contribution in [-0.4, -0.2) is 61.3 Å². The van der Waals surface area contributed by atoms with Crippen LogP contribution in [0, 0.1) is 5.92 Å². The molecule has 2 aliphatic rings. The van der Waals surface area contributed by atoms with Gasteiger partial charge < -0.3 is 20.3 Å². The highest BCUT2D eigenvalue weighted by Crippen LogP contribution is 2.23. The summed E-state index contributed by atoms with van der Waals surface area (Å²) in [6.07, 6.45) is 2.12. The molecule has 2 unspecified atom stereocenters. The molecule has 0 aromatic heterocycles. The van der Waals surface area contributed by atoms with Crippen LogP contribution in [0.3, 0.4) is 0 Å². The zero-order valence-electron chi connectivity index (χ0n) is 10.6. The Bertz CT molecular complexity index is 266. The highest BCUT2D eigenvalue weighted by atomic mass is 16.5. The maximum Gasteiger partial charge on any atom is 0.320 e. The number of hydrogen-bond acceptors (Lipinski definition) is 3. The standard InChI is InChI=1S/C12H23N3O2/c1-10-2-3-15(11(8-10)9-13)12(16)14-4-6-17-7-5-14/h10-11H,2-9,13H2,1H3. The average Bonchev–Trinajstić information content (AvgIpc) is 2.39. The van der Waals surface area contributed by atoms with Gasteiger partial charge in [-0.2, -0.15) is 0 Å². The molecule has 0 saturated carbocycles. The normalized spacial score (nSPS) is 30.5. The first-order valence-corrected chi connectivity index (χ1v) is 6.55. The zero-order chi connectivity index (χ0) is 12.3. The van der Waals surface area contributed by atoms with E-state index >= 15 is 0 Å². The summed E-state index contributed by atoms with van der Waals surface area (Å²) in [5.41, 5.74) is 5.79. The van der Waals surface area contributed by atoms with Gasteiger partial charge in [-0.25, -0.2) is 4.79 Å². The SMILES string of the molecule is CC1CCN(C(=O)N2CCOCC2)C(CN)C1. The van der Waals surface area contributed by atoms with Crippen LogP contribution in [0.5, 0.6) is 0 Å². The Hall–Kier alpha value is -0.810. The summed E-state index contributed by atoms with van der Waals surface area (Å²) >= 11 is 0. The van der Waals surface area contributed by atoms with Gasteiger partial charge in [-0.15, -0.1) is 0 Å². The molecule has 98 valence electrons. The van der Waals surface area contributed by atoms with E-state index in [9.17, 15) is 4.79 Å². The topological polar surface area (TPSA) is 58.8 Å². The van der Waals surface area contributed by atoms with Crippen molar-refractivity contribution < 1.29 is 9.53 Å². The number of carbonyl (C=O) groups is 1. The Morgan fingerprint density at radius 1 is 1.35 bits per heavy atom. The Morgan fingerprint density at radius 3 is 2.71 bits per heavy atom. The summed E-state index contributed by atoms with van der Waals surface area (Å²) in [5.74, 6) is 0.678. The van der Waals surface area contributed by atoms with Gasteiger partial charge in [0.05, 0.1) is 13.2 Å². The number of amides is 2. The van der Waals surface area contributed by atoms with Crippen molar-refractivity contribution in [3.8, 4) is 0 Å². The Kier molecular flexibility index (Phi) is 4.23. The molecule has 5 nitrogen and oxygen atoms in total. The van der Waals surface area contributed by atoms with Crippen molar-refractivity contribution in [2.24, 2.45) is 11.7 Å². The van der Waals surface area contributed by atoms with E-state index in [0.29, 0.717) is 38.8 Å². The van der Waals surface area contributed by atoms with Crippen LogP contribution in [0.2, 0.25) is 0 Å². The molecular formula is C12H23N3O2. The molecular weight excluding hydrogens is 218 g/mol. The predicted molar refractivity (Wildman–Crippen MR) is 65.7 cm³/mol. The van der Waals surface area contributed by atoms with Crippen LogP contribution in [0.15, 0.2) is 0 Å². The van der Waals surface area contributed by atoms with E-state index in [1.54, 1.807) is 0 Å². The van der Waals surface area contributed by atoms with Crippen LogP contribution in [0.25, 0.3) is 0 Å². The van der Waals surface area contributed by atoms with Crippen LogP contribution in [-0.2, 0) is 4.74 Å². The first kappa shape index (κ1) is 12.6. The summed E-state index contributed by atoms with van der Waals surface area (Å²) in [4.78, 5) is 16.2. The molecule has 2 amide bonds. The van der Waals surface area contributed by atoms with Crippen molar-refractivity contribution >= 4 is 6.03 Å². The quantitative estimate of drug-likeness (QED) is 0.727. The number of likely N-dealkylation sites (tertiary alicyclic amines) is 1. The number of hydrogen-bond donors (Lipinski definition) is 1. The third kappa shape index (κ3) is 2.90. The van der Waals surface area contributed by atoms with E-state index < -0.39 is 0 Å². The van der Waals surface area contributed by atoms with Gasteiger partial charge in [0.15, 0.2) is 0 Å². The molecule has 0 aromatic rings. The van der Waals surface area contributed by atoms with E-state index in [0.717, 1.165) is 19.4 Å². The van der Waals surface area contributed by atoms with Gasteiger partial charge in [-0.1, -0.05) is 6.92 Å². The first-order valence-electron chi connectivity index (χ1n) is 6.55. The molecule has 0 aromatic carbocycles. The van der Waals surface area contributed by atoms with Gasteiger partial charge in [0.25, 0.3) is 0 Å². The fourth-order valence-electron chi connectivity index (χ4n) is 2.66. The number of morpholine rings is 1. The molecule has 17 heavy (non-hydrogen) atoms. The Balaban J connectivity index is 1.96.